The average molecular weight is 385 g/mol. The van der Waals surface area contributed by atoms with E-state index in [0.29, 0.717) is 17.3 Å². The molecule has 2 heterocycles. The van der Waals surface area contributed by atoms with Crippen LogP contribution in [0.4, 0.5) is 0 Å². The van der Waals surface area contributed by atoms with Gasteiger partial charge < -0.3 is 10.1 Å². The molecule has 5 nitrogen and oxygen atoms in total. The minimum atomic E-state index is -3.69. The second-order valence-corrected chi connectivity index (χ2v) is 8.88. The molecule has 3 aromatic rings. The molecule has 1 N–H and O–H groups in total. The van der Waals surface area contributed by atoms with E-state index in [-0.39, 0.29) is 10.8 Å². The Balaban J connectivity index is 1.83. The standard InChI is InChI=1S/C21H24N2O3S/c1-15(20-7-5-13-22-20)19-14-23(21-8-4-3-6-18(19)21)27(24,25)17-11-9-16(26-2)10-12-17/h3-4,6,8-12,14-15,20,22H,5,7,13H2,1-2H3. The number of nitrogens with zero attached hydrogens (tertiary/aromatic N) is 1. The van der Waals surface area contributed by atoms with E-state index >= 15 is 0 Å². The highest BCUT2D eigenvalue weighted by atomic mass is 32.2. The number of para-hydroxylation sites is 1. The van der Waals surface area contributed by atoms with E-state index in [9.17, 15) is 8.42 Å². The van der Waals surface area contributed by atoms with Gasteiger partial charge in [0.2, 0.25) is 0 Å². The van der Waals surface area contributed by atoms with Crippen LogP contribution in [-0.4, -0.2) is 32.1 Å². The predicted molar refractivity (Wildman–Crippen MR) is 107 cm³/mol. The number of benzene rings is 2. The van der Waals surface area contributed by atoms with Gasteiger partial charge in [-0.3, -0.25) is 0 Å². The smallest absolute Gasteiger partial charge is 0.268 e. The Morgan fingerprint density at radius 1 is 1.15 bits per heavy atom. The van der Waals surface area contributed by atoms with Crippen molar-refractivity contribution in [1.82, 2.24) is 9.29 Å². The van der Waals surface area contributed by atoms with E-state index in [4.69, 9.17) is 4.74 Å². The van der Waals surface area contributed by atoms with Gasteiger partial charge in [0.05, 0.1) is 17.5 Å². The Hall–Kier alpha value is -2.31. The number of fused-ring (bicyclic) bond motifs is 1. The zero-order valence-electron chi connectivity index (χ0n) is 15.6. The molecule has 1 aliphatic rings. The van der Waals surface area contributed by atoms with Gasteiger partial charge in [0.25, 0.3) is 10.0 Å². The summed E-state index contributed by atoms with van der Waals surface area (Å²) >= 11 is 0. The van der Waals surface area contributed by atoms with Crippen LogP contribution >= 0.6 is 0 Å². The number of methoxy groups -OCH3 is 1. The summed E-state index contributed by atoms with van der Waals surface area (Å²) in [7, 11) is -2.12. The molecule has 2 atom stereocenters. The van der Waals surface area contributed by atoms with E-state index in [1.807, 2.05) is 24.3 Å². The summed E-state index contributed by atoms with van der Waals surface area (Å²) in [4.78, 5) is 0.252. The molecule has 1 aliphatic heterocycles. The molecule has 0 radical (unpaired) electrons. The van der Waals surface area contributed by atoms with Crippen LogP contribution in [0.2, 0.25) is 0 Å². The normalized spacial score (nSPS) is 18.7. The number of hydrogen-bond acceptors (Lipinski definition) is 4. The quantitative estimate of drug-likeness (QED) is 0.728. The lowest BCUT2D eigenvalue weighted by atomic mass is 9.92. The molecule has 0 aliphatic carbocycles. The maximum atomic E-state index is 13.3. The van der Waals surface area contributed by atoms with Gasteiger partial charge in [-0.15, -0.1) is 0 Å². The Labute approximate surface area is 160 Å². The number of rotatable bonds is 5. The third kappa shape index (κ3) is 3.13. The van der Waals surface area contributed by atoms with E-state index in [0.717, 1.165) is 30.3 Å². The van der Waals surface area contributed by atoms with Gasteiger partial charge >= 0.3 is 0 Å². The first-order valence-corrected chi connectivity index (χ1v) is 10.7. The number of hydrogen-bond donors (Lipinski definition) is 1. The summed E-state index contributed by atoms with van der Waals surface area (Å²) in [6, 6.07) is 14.6. The van der Waals surface area contributed by atoms with Crippen molar-refractivity contribution in [3.8, 4) is 5.75 Å². The fourth-order valence-electron chi connectivity index (χ4n) is 3.95. The fraction of sp³-hybridized carbons (Fsp3) is 0.333. The van der Waals surface area contributed by atoms with E-state index in [2.05, 4.69) is 12.2 Å². The second-order valence-electron chi connectivity index (χ2n) is 7.07. The van der Waals surface area contributed by atoms with Gasteiger partial charge in [0.1, 0.15) is 5.75 Å². The third-order valence-electron chi connectivity index (χ3n) is 5.52. The molecular formula is C21H24N2O3S. The molecular weight excluding hydrogens is 360 g/mol. The van der Waals surface area contributed by atoms with E-state index < -0.39 is 10.0 Å². The highest BCUT2D eigenvalue weighted by Gasteiger charge is 2.27. The van der Waals surface area contributed by atoms with Crippen LogP contribution in [0, 0.1) is 0 Å². The molecule has 0 saturated carbocycles. The topological polar surface area (TPSA) is 60.3 Å². The van der Waals surface area contributed by atoms with Gasteiger partial charge in [0.15, 0.2) is 0 Å². The lowest BCUT2D eigenvalue weighted by molar-refractivity contribution is 0.414. The Morgan fingerprint density at radius 3 is 2.56 bits per heavy atom. The van der Waals surface area contributed by atoms with Crippen molar-refractivity contribution in [3.63, 3.8) is 0 Å². The SMILES string of the molecule is COc1ccc(S(=O)(=O)n2cc(C(C)C3CCCN3)c3ccccc32)cc1. The third-order valence-corrected chi connectivity index (χ3v) is 7.21. The largest absolute Gasteiger partial charge is 0.497 e. The van der Waals surface area contributed by atoms with Crippen molar-refractivity contribution >= 4 is 20.9 Å². The second kappa shape index (κ2) is 7.02. The van der Waals surface area contributed by atoms with Gasteiger partial charge in [-0.25, -0.2) is 12.4 Å². The molecule has 4 rings (SSSR count). The Kier molecular flexibility index (Phi) is 4.70. The fourth-order valence-corrected chi connectivity index (χ4v) is 5.33. The monoisotopic (exact) mass is 384 g/mol. The van der Waals surface area contributed by atoms with Gasteiger partial charge in [-0.05, 0) is 61.2 Å². The molecule has 27 heavy (non-hydrogen) atoms. The van der Waals surface area contributed by atoms with Crippen molar-refractivity contribution in [2.75, 3.05) is 13.7 Å². The summed E-state index contributed by atoms with van der Waals surface area (Å²) in [5.41, 5.74) is 1.79. The number of nitrogens with one attached hydrogen (secondary N) is 1. The summed E-state index contributed by atoms with van der Waals surface area (Å²) in [6.07, 6.45) is 4.08. The van der Waals surface area contributed by atoms with Gasteiger partial charge in [-0.1, -0.05) is 25.1 Å². The lowest BCUT2D eigenvalue weighted by Gasteiger charge is -2.19. The van der Waals surface area contributed by atoms with Crippen LogP contribution in [0.3, 0.4) is 0 Å². The van der Waals surface area contributed by atoms with Crippen molar-refractivity contribution < 1.29 is 13.2 Å². The first-order chi connectivity index (χ1) is 13.0. The number of ether oxygens (including phenoxy) is 1. The minimum Gasteiger partial charge on any atom is -0.497 e. The Bertz CT molecular complexity index is 1050. The molecule has 2 unspecified atom stereocenters. The molecule has 0 amide bonds. The number of aromatic nitrogens is 1. The molecule has 1 saturated heterocycles. The van der Waals surface area contributed by atoms with Crippen molar-refractivity contribution in [3.05, 3.63) is 60.3 Å². The first-order valence-electron chi connectivity index (χ1n) is 9.25. The lowest BCUT2D eigenvalue weighted by Crippen LogP contribution is -2.27. The Morgan fingerprint density at radius 2 is 1.89 bits per heavy atom. The average Bonchev–Trinajstić information content (AvgIpc) is 3.36. The molecule has 1 aromatic heterocycles. The zero-order chi connectivity index (χ0) is 19.0. The summed E-state index contributed by atoms with van der Waals surface area (Å²) in [5.74, 6) is 0.873. The summed E-state index contributed by atoms with van der Waals surface area (Å²) in [5, 5.41) is 4.54. The maximum absolute atomic E-state index is 13.3. The van der Waals surface area contributed by atoms with Gasteiger partial charge in [0, 0.05) is 17.6 Å². The molecule has 0 spiro atoms. The van der Waals surface area contributed by atoms with Crippen LogP contribution in [0.15, 0.2) is 59.6 Å². The van der Waals surface area contributed by atoms with Crippen LogP contribution in [0.1, 0.15) is 31.2 Å². The minimum absolute atomic E-state index is 0.240. The van der Waals surface area contributed by atoms with Crippen LogP contribution in [-0.2, 0) is 10.0 Å². The predicted octanol–water partition coefficient (Wildman–Crippen LogP) is 3.74. The van der Waals surface area contributed by atoms with Crippen LogP contribution in [0.25, 0.3) is 10.9 Å². The molecule has 2 aromatic carbocycles. The maximum Gasteiger partial charge on any atom is 0.268 e. The summed E-state index contributed by atoms with van der Waals surface area (Å²) < 4.78 is 33.2. The zero-order valence-corrected chi connectivity index (χ0v) is 16.4. The van der Waals surface area contributed by atoms with Crippen molar-refractivity contribution in [2.24, 2.45) is 0 Å². The van der Waals surface area contributed by atoms with E-state index in [1.165, 1.54) is 3.97 Å². The highest BCUT2D eigenvalue weighted by Crippen LogP contribution is 2.34. The molecule has 0 bridgehead atoms. The molecule has 1 fully saturated rings. The highest BCUT2D eigenvalue weighted by molar-refractivity contribution is 7.90. The molecule has 6 heteroatoms. The van der Waals surface area contributed by atoms with Gasteiger partial charge in [-0.2, -0.15) is 0 Å². The van der Waals surface area contributed by atoms with Crippen LogP contribution < -0.4 is 10.1 Å². The van der Waals surface area contributed by atoms with Crippen molar-refractivity contribution in [1.29, 1.82) is 0 Å². The summed E-state index contributed by atoms with van der Waals surface area (Å²) in [6.45, 7) is 3.20. The van der Waals surface area contributed by atoms with Crippen LogP contribution in [0.5, 0.6) is 5.75 Å². The molecule has 142 valence electrons. The van der Waals surface area contributed by atoms with Crippen molar-refractivity contribution in [2.45, 2.75) is 36.6 Å². The van der Waals surface area contributed by atoms with E-state index in [1.54, 1.807) is 37.6 Å². The first kappa shape index (κ1) is 18.1.